The van der Waals surface area contributed by atoms with E-state index in [2.05, 4.69) is 47.8 Å². The average Bonchev–Trinajstić information content (AvgIpc) is 2.30. The van der Waals surface area contributed by atoms with Gasteiger partial charge in [-0.1, -0.05) is 42.5 Å². The van der Waals surface area contributed by atoms with E-state index in [1.807, 2.05) is 0 Å². The second-order valence-electron chi connectivity index (χ2n) is 5.19. The van der Waals surface area contributed by atoms with Gasteiger partial charge in [0.1, 0.15) is 0 Å². The van der Waals surface area contributed by atoms with Crippen LogP contribution in [0.3, 0.4) is 0 Å². The fourth-order valence-electron chi connectivity index (χ4n) is 3.14. The number of rotatable bonds is 2. The van der Waals surface area contributed by atoms with Gasteiger partial charge in [-0.25, -0.2) is 0 Å². The maximum absolute atomic E-state index is 3.83. The number of benzene rings is 1. The Labute approximate surface area is 97.6 Å². The van der Waals surface area contributed by atoms with Gasteiger partial charge >= 0.3 is 0 Å². The lowest BCUT2D eigenvalue weighted by Gasteiger charge is -2.43. The number of fused-ring (bicyclic) bond motifs is 2. The molecule has 1 fully saturated rings. The van der Waals surface area contributed by atoms with E-state index in [1.54, 1.807) is 0 Å². The van der Waals surface area contributed by atoms with Crippen LogP contribution in [0.25, 0.3) is 0 Å². The van der Waals surface area contributed by atoms with Crippen molar-refractivity contribution < 1.29 is 0 Å². The van der Waals surface area contributed by atoms with Crippen LogP contribution >= 0.6 is 0 Å². The van der Waals surface area contributed by atoms with Crippen LogP contribution in [0, 0.1) is 0 Å². The summed E-state index contributed by atoms with van der Waals surface area (Å²) in [5.74, 6) is 0. The van der Waals surface area contributed by atoms with Gasteiger partial charge in [0.2, 0.25) is 0 Å². The summed E-state index contributed by atoms with van der Waals surface area (Å²) < 4.78 is 0. The molecule has 2 unspecified atom stereocenters. The monoisotopic (exact) mass is 213 g/mol. The van der Waals surface area contributed by atoms with Crippen LogP contribution in [-0.4, -0.2) is 11.6 Å². The van der Waals surface area contributed by atoms with E-state index in [4.69, 9.17) is 0 Å². The summed E-state index contributed by atoms with van der Waals surface area (Å²) in [4.78, 5) is 0. The van der Waals surface area contributed by atoms with E-state index in [0.717, 1.165) is 12.5 Å². The second-order valence-corrected chi connectivity index (χ2v) is 5.19. The lowest BCUT2D eigenvalue weighted by Crippen LogP contribution is -2.55. The molecule has 2 heterocycles. The van der Waals surface area contributed by atoms with Gasteiger partial charge in [-0.15, -0.1) is 0 Å². The van der Waals surface area contributed by atoms with Gasteiger partial charge < -0.3 is 5.32 Å². The van der Waals surface area contributed by atoms with Crippen molar-refractivity contribution in [2.24, 2.45) is 0 Å². The van der Waals surface area contributed by atoms with Crippen molar-refractivity contribution in [3.05, 3.63) is 48.0 Å². The highest BCUT2D eigenvalue weighted by Gasteiger charge is 2.35. The highest BCUT2D eigenvalue weighted by molar-refractivity contribution is 5.24. The van der Waals surface area contributed by atoms with E-state index >= 15 is 0 Å². The summed E-state index contributed by atoms with van der Waals surface area (Å²) in [6, 6.07) is 11.6. The van der Waals surface area contributed by atoms with Crippen LogP contribution in [0.2, 0.25) is 0 Å². The smallest absolute Gasteiger partial charge is 0.0407 e. The van der Waals surface area contributed by atoms with Crippen LogP contribution in [-0.2, 0) is 6.42 Å². The fourth-order valence-corrected chi connectivity index (χ4v) is 3.14. The van der Waals surface area contributed by atoms with E-state index in [9.17, 15) is 0 Å². The highest BCUT2D eigenvalue weighted by atomic mass is 15.0. The Morgan fingerprint density at radius 2 is 2.12 bits per heavy atom. The van der Waals surface area contributed by atoms with E-state index in [0.29, 0.717) is 0 Å². The van der Waals surface area contributed by atoms with Gasteiger partial charge in [0.25, 0.3) is 0 Å². The first-order valence-electron chi connectivity index (χ1n) is 6.36. The van der Waals surface area contributed by atoms with Gasteiger partial charge in [0, 0.05) is 11.6 Å². The second kappa shape index (κ2) is 4.06. The molecular weight excluding hydrogens is 194 g/mol. The van der Waals surface area contributed by atoms with Crippen LogP contribution in [0.1, 0.15) is 31.2 Å². The topological polar surface area (TPSA) is 12.0 Å². The van der Waals surface area contributed by atoms with E-state index in [-0.39, 0.29) is 5.54 Å². The molecule has 0 saturated carbocycles. The fraction of sp³-hybridized carbons (Fsp3) is 0.467. The first kappa shape index (κ1) is 10.1. The van der Waals surface area contributed by atoms with Crippen molar-refractivity contribution >= 4 is 0 Å². The molecule has 16 heavy (non-hydrogen) atoms. The molecule has 0 spiro atoms. The van der Waals surface area contributed by atoms with Crippen molar-refractivity contribution in [1.82, 2.24) is 5.32 Å². The Bertz CT molecular complexity index is 382. The minimum Gasteiger partial charge on any atom is -0.304 e. The summed E-state index contributed by atoms with van der Waals surface area (Å²) >= 11 is 0. The Hall–Kier alpha value is -1.08. The maximum Gasteiger partial charge on any atom is 0.0407 e. The SMILES string of the molecule is C1=CC2(Cc3ccccc3)CCCC(C1)N2. The minimum absolute atomic E-state index is 0.252. The van der Waals surface area contributed by atoms with Gasteiger partial charge in [-0.3, -0.25) is 0 Å². The lowest BCUT2D eigenvalue weighted by molar-refractivity contribution is 0.239. The molecule has 2 aliphatic rings. The predicted molar refractivity (Wildman–Crippen MR) is 67.4 cm³/mol. The molecule has 2 atom stereocenters. The summed E-state index contributed by atoms with van der Waals surface area (Å²) in [6.07, 6.45) is 11.2. The van der Waals surface area contributed by atoms with E-state index in [1.165, 1.54) is 31.2 Å². The highest BCUT2D eigenvalue weighted by Crippen LogP contribution is 2.32. The number of nitrogens with one attached hydrogen (secondary N) is 1. The average molecular weight is 213 g/mol. The Morgan fingerprint density at radius 3 is 3.00 bits per heavy atom. The Morgan fingerprint density at radius 1 is 1.25 bits per heavy atom. The molecule has 0 radical (unpaired) electrons. The predicted octanol–water partition coefficient (Wildman–Crippen LogP) is 3.07. The van der Waals surface area contributed by atoms with Crippen molar-refractivity contribution in [2.75, 3.05) is 0 Å². The van der Waals surface area contributed by atoms with Crippen molar-refractivity contribution in [3.63, 3.8) is 0 Å². The molecule has 1 heteroatoms. The van der Waals surface area contributed by atoms with Crippen LogP contribution < -0.4 is 5.32 Å². The molecule has 1 aromatic carbocycles. The molecule has 1 N–H and O–H groups in total. The standard InChI is InChI=1S/C15H19N/c1-2-6-13(7-3-1)12-15-10-4-8-14(16-15)9-5-11-15/h1-4,6-7,10,14,16H,5,8-9,11-12H2. The van der Waals surface area contributed by atoms with Crippen LogP contribution in [0.15, 0.2) is 42.5 Å². The molecule has 2 bridgehead atoms. The molecule has 3 rings (SSSR count). The molecule has 2 aliphatic heterocycles. The van der Waals surface area contributed by atoms with Gasteiger partial charge in [-0.05, 0) is 37.7 Å². The quantitative estimate of drug-likeness (QED) is 0.744. The number of hydrogen-bond acceptors (Lipinski definition) is 1. The molecule has 1 nitrogen and oxygen atoms in total. The van der Waals surface area contributed by atoms with Crippen LogP contribution in [0.4, 0.5) is 0 Å². The molecule has 1 aromatic rings. The molecule has 1 saturated heterocycles. The zero-order valence-corrected chi connectivity index (χ0v) is 9.65. The molecule has 84 valence electrons. The summed E-state index contributed by atoms with van der Waals surface area (Å²) in [5.41, 5.74) is 1.70. The zero-order valence-electron chi connectivity index (χ0n) is 9.65. The first-order chi connectivity index (χ1) is 7.86. The third kappa shape index (κ3) is 1.92. The van der Waals surface area contributed by atoms with Crippen LogP contribution in [0.5, 0.6) is 0 Å². The molecule has 0 aromatic heterocycles. The number of piperidine rings is 1. The maximum atomic E-state index is 3.83. The molecule has 0 aliphatic carbocycles. The third-order valence-electron chi connectivity index (χ3n) is 3.89. The normalized spacial score (nSPS) is 32.6. The third-order valence-corrected chi connectivity index (χ3v) is 3.89. The van der Waals surface area contributed by atoms with E-state index < -0.39 is 0 Å². The summed E-state index contributed by atoms with van der Waals surface area (Å²) in [6.45, 7) is 0. The Kier molecular flexibility index (Phi) is 2.56. The van der Waals surface area contributed by atoms with Crippen molar-refractivity contribution in [2.45, 2.75) is 43.7 Å². The molecule has 0 amide bonds. The minimum atomic E-state index is 0.252. The van der Waals surface area contributed by atoms with Gasteiger partial charge in [-0.2, -0.15) is 0 Å². The van der Waals surface area contributed by atoms with Crippen molar-refractivity contribution in [3.8, 4) is 0 Å². The summed E-state index contributed by atoms with van der Waals surface area (Å²) in [5, 5.41) is 3.83. The van der Waals surface area contributed by atoms with Crippen molar-refractivity contribution in [1.29, 1.82) is 0 Å². The van der Waals surface area contributed by atoms with Gasteiger partial charge in [0.15, 0.2) is 0 Å². The first-order valence-corrected chi connectivity index (χ1v) is 6.36. The Balaban J connectivity index is 1.82. The van der Waals surface area contributed by atoms with Gasteiger partial charge in [0.05, 0.1) is 0 Å². The lowest BCUT2D eigenvalue weighted by atomic mass is 9.77. The molecular formula is C15H19N. The number of hydrogen-bond donors (Lipinski definition) is 1. The zero-order chi connectivity index (χ0) is 10.8. The largest absolute Gasteiger partial charge is 0.304 e. The summed E-state index contributed by atoms with van der Waals surface area (Å²) in [7, 11) is 0.